The summed E-state index contributed by atoms with van der Waals surface area (Å²) in [5.74, 6) is 0.205. The normalized spacial score (nSPS) is 25.6. The van der Waals surface area contributed by atoms with Crippen LogP contribution in [0.2, 0.25) is 0 Å². The molecule has 1 amide bonds. The highest BCUT2D eigenvalue weighted by Crippen LogP contribution is 2.16. The highest BCUT2D eigenvalue weighted by atomic mass is 16.5. The predicted molar refractivity (Wildman–Crippen MR) is 79.7 cm³/mol. The van der Waals surface area contributed by atoms with Crippen LogP contribution < -0.4 is 5.32 Å². The number of morpholine rings is 1. The monoisotopic (exact) mass is 283 g/mol. The molecular weight excluding hydrogens is 254 g/mol. The van der Waals surface area contributed by atoms with Crippen LogP contribution in [0.1, 0.15) is 33.1 Å². The van der Waals surface area contributed by atoms with Gasteiger partial charge in [0, 0.05) is 25.7 Å². The van der Waals surface area contributed by atoms with Crippen molar-refractivity contribution >= 4 is 5.91 Å². The fourth-order valence-corrected chi connectivity index (χ4v) is 3.16. The van der Waals surface area contributed by atoms with Gasteiger partial charge in [0.05, 0.1) is 6.61 Å². The highest BCUT2D eigenvalue weighted by Gasteiger charge is 2.33. The van der Waals surface area contributed by atoms with Crippen LogP contribution in [0.5, 0.6) is 0 Å². The third kappa shape index (κ3) is 3.93. The number of piperidine rings is 1. The third-order valence-electron chi connectivity index (χ3n) is 4.37. The second-order valence-corrected chi connectivity index (χ2v) is 5.77. The molecule has 0 spiro atoms. The molecule has 0 aromatic heterocycles. The largest absolute Gasteiger partial charge is 0.366 e. The van der Waals surface area contributed by atoms with Gasteiger partial charge in [-0.2, -0.15) is 0 Å². The molecule has 20 heavy (non-hydrogen) atoms. The van der Waals surface area contributed by atoms with Gasteiger partial charge in [-0.1, -0.05) is 13.8 Å². The fraction of sp³-hybridized carbons (Fsp3) is 0.933. The first-order valence-electron chi connectivity index (χ1n) is 8.11. The number of nitrogens with zero attached hydrogens (tertiary/aromatic N) is 2. The van der Waals surface area contributed by atoms with Crippen molar-refractivity contribution in [3.8, 4) is 0 Å². The Hall–Kier alpha value is -0.650. The van der Waals surface area contributed by atoms with E-state index in [9.17, 15) is 4.79 Å². The first-order chi connectivity index (χ1) is 9.76. The van der Waals surface area contributed by atoms with E-state index in [4.69, 9.17) is 4.74 Å². The van der Waals surface area contributed by atoms with E-state index >= 15 is 0 Å². The van der Waals surface area contributed by atoms with Crippen molar-refractivity contribution in [1.29, 1.82) is 0 Å². The van der Waals surface area contributed by atoms with Gasteiger partial charge >= 0.3 is 0 Å². The van der Waals surface area contributed by atoms with Crippen molar-refractivity contribution in [2.45, 2.75) is 45.3 Å². The van der Waals surface area contributed by atoms with Gasteiger partial charge in [-0.05, 0) is 38.9 Å². The number of ether oxygens (including phenoxy) is 1. The topological polar surface area (TPSA) is 44.8 Å². The molecule has 0 radical (unpaired) electrons. The average molecular weight is 283 g/mol. The molecule has 2 fully saturated rings. The minimum absolute atomic E-state index is 0.205. The van der Waals surface area contributed by atoms with Crippen LogP contribution in [0.25, 0.3) is 0 Å². The van der Waals surface area contributed by atoms with Crippen molar-refractivity contribution in [2.24, 2.45) is 0 Å². The van der Waals surface area contributed by atoms with E-state index in [1.165, 1.54) is 0 Å². The van der Waals surface area contributed by atoms with E-state index in [1.54, 1.807) is 0 Å². The summed E-state index contributed by atoms with van der Waals surface area (Å²) in [7, 11) is 0. The Kier molecular flexibility index (Phi) is 6.26. The van der Waals surface area contributed by atoms with Crippen molar-refractivity contribution in [2.75, 3.05) is 45.9 Å². The summed E-state index contributed by atoms with van der Waals surface area (Å²) in [4.78, 5) is 17.2. The molecule has 0 aliphatic carbocycles. The molecule has 116 valence electrons. The summed E-state index contributed by atoms with van der Waals surface area (Å²) in [6.07, 6.45) is 2.89. The van der Waals surface area contributed by atoms with Crippen LogP contribution in [0.3, 0.4) is 0 Å². The van der Waals surface area contributed by atoms with E-state index in [0.717, 1.165) is 58.5 Å². The standard InChI is InChI=1S/C15H29N3O2/c1-3-9-18(13-5-7-16-8-6-13)15(19)14-12-17(4-2)10-11-20-14/h13-14,16H,3-12H2,1-2H3. The van der Waals surface area contributed by atoms with Crippen molar-refractivity contribution < 1.29 is 9.53 Å². The Labute approximate surface area is 122 Å². The second-order valence-electron chi connectivity index (χ2n) is 5.77. The zero-order valence-corrected chi connectivity index (χ0v) is 12.9. The van der Waals surface area contributed by atoms with Crippen LogP contribution in [-0.4, -0.2) is 73.7 Å². The Morgan fingerprint density at radius 3 is 2.75 bits per heavy atom. The number of hydrogen-bond acceptors (Lipinski definition) is 4. The van der Waals surface area contributed by atoms with Gasteiger partial charge in [-0.3, -0.25) is 9.69 Å². The number of amides is 1. The van der Waals surface area contributed by atoms with E-state index < -0.39 is 0 Å². The molecule has 2 aliphatic rings. The Morgan fingerprint density at radius 2 is 2.10 bits per heavy atom. The molecule has 0 aromatic carbocycles. The maximum atomic E-state index is 12.8. The predicted octanol–water partition coefficient (Wildman–Crippen LogP) is 0.698. The Balaban J connectivity index is 1.98. The van der Waals surface area contributed by atoms with E-state index in [1.807, 2.05) is 0 Å². The lowest BCUT2D eigenvalue weighted by atomic mass is 10.0. The molecule has 0 saturated carbocycles. The molecule has 1 N–H and O–H groups in total. The lowest BCUT2D eigenvalue weighted by Gasteiger charge is -2.39. The maximum Gasteiger partial charge on any atom is 0.253 e. The minimum atomic E-state index is -0.259. The van der Waals surface area contributed by atoms with Gasteiger partial charge in [0.1, 0.15) is 6.10 Å². The molecule has 1 atom stereocenters. The molecule has 1 unspecified atom stereocenters. The highest BCUT2D eigenvalue weighted by molar-refractivity contribution is 5.81. The van der Waals surface area contributed by atoms with Crippen molar-refractivity contribution in [1.82, 2.24) is 15.1 Å². The number of likely N-dealkylation sites (N-methyl/N-ethyl adjacent to an activating group) is 1. The zero-order valence-electron chi connectivity index (χ0n) is 12.9. The van der Waals surface area contributed by atoms with Crippen molar-refractivity contribution in [3.63, 3.8) is 0 Å². The summed E-state index contributed by atoms with van der Waals surface area (Å²) in [5, 5.41) is 3.37. The third-order valence-corrected chi connectivity index (χ3v) is 4.37. The first kappa shape index (κ1) is 15.7. The second kappa shape index (κ2) is 7.96. The van der Waals surface area contributed by atoms with Gasteiger partial charge in [0.2, 0.25) is 0 Å². The Bertz CT molecular complexity index is 305. The molecule has 2 saturated heterocycles. The number of carbonyl (C=O) groups is 1. The molecule has 2 rings (SSSR count). The van der Waals surface area contributed by atoms with Gasteiger partial charge in [-0.25, -0.2) is 0 Å². The fourth-order valence-electron chi connectivity index (χ4n) is 3.16. The lowest BCUT2D eigenvalue weighted by Crippen LogP contribution is -2.55. The lowest BCUT2D eigenvalue weighted by molar-refractivity contribution is -0.152. The summed E-state index contributed by atoms with van der Waals surface area (Å²) in [6, 6.07) is 0.393. The van der Waals surface area contributed by atoms with Crippen molar-refractivity contribution in [3.05, 3.63) is 0 Å². The molecule has 5 nitrogen and oxygen atoms in total. The molecule has 2 aliphatic heterocycles. The minimum Gasteiger partial charge on any atom is -0.366 e. The molecule has 5 heteroatoms. The Morgan fingerprint density at radius 1 is 1.35 bits per heavy atom. The van der Waals surface area contributed by atoms with Gasteiger partial charge in [0.15, 0.2) is 0 Å². The molecule has 0 aromatic rings. The molecular formula is C15H29N3O2. The maximum absolute atomic E-state index is 12.8. The smallest absolute Gasteiger partial charge is 0.253 e. The van der Waals surface area contributed by atoms with E-state index in [0.29, 0.717) is 12.6 Å². The van der Waals surface area contributed by atoms with Crippen LogP contribution >= 0.6 is 0 Å². The van der Waals surface area contributed by atoms with E-state index in [2.05, 4.69) is 29.0 Å². The van der Waals surface area contributed by atoms with Gasteiger partial charge in [0.25, 0.3) is 5.91 Å². The first-order valence-corrected chi connectivity index (χ1v) is 8.11. The van der Waals surface area contributed by atoms with Crippen LogP contribution in [0.4, 0.5) is 0 Å². The summed E-state index contributed by atoms with van der Waals surface area (Å²) in [5.41, 5.74) is 0. The van der Waals surface area contributed by atoms with Gasteiger partial charge in [-0.15, -0.1) is 0 Å². The summed E-state index contributed by atoms with van der Waals surface area (Å²) in [6.45, 7) is 10.5. The van der Waals surface area contributed by atoms with Crippen LogP contribution in [0.15, 0.2) is 0 Å². The van der Waals surface area contributed by atoms with Gasteiger partial charge < -0.3 is 15.0 Å². The number of hydrogen-bond donors (Lipinski definition) is 1. The average Bonchev–Trinajstić information content (AvgIpc) is 2.53. The number of nitrogens with one attached hydrogen (secondary N) is 1. The quantitative estimate of drug-likeness (QED) is 0.807. The SMILES string of the molecule is CCCN(C(=O)C1CN(CC)CCO1)C1CCNCC1. The molecule has 2 heterocycles. The number of carbonyl (C=O) groups excluding carboxylic acids is 1. The molecule has 0 bridgehead atoms. The number of rotatable bonds is 5. The zero-order chi connectivity index (χ0) is 14.4. The van der Waals surface area contributed by atoms with Crippen LogP contribution in [-0.2, 0) is 9.53 Å². The van der Waals surface area contributed by atoms with E-state index in [-0.39, 0.29) is 12.0 Å². The van der Waals surface area contributed by atoms with Crippen LogP contribution in [0, 0.1) is 0 Å². The summed E-state index contributed by atoms with van der Waals surface area (Å²) < 4.78 is 5.74. The summed E-state index contributed by atoms with van der Waals surface area (Å²) >= 11 is 0.